The van der Waals surface area contributed by atoms with Crippen LogP contribution < -0.4 is 5.73 Å². The summed E-state index contributed by atoms with van der Waals surface area (Å²) in [7, 11) is 0. The molecule has 0 spiro atoms. The molecule has 26 heavy (non-hydrogen) atoms. The van der Waals surface area contributed by atoms with Crippen LogP contribution in [0.15, 0.2) is 42.5 Å². The molecule has 9 heteroatoms. The molecule has 0 saturated carbocycles. The SMILES string of the molecule is CCc1ccc(-c2nnn(Cc3ccc(C(N)=O)cc3[N+](=O)[O-])n2)cc1. The van der Waals surface area contributed by atoms with Gasteiger partial charge in [0.2, 0.25) is 11.7 Å². The number of aromatic nitrogens is 4. The van der Waals surface area contributed by atoms with E-state index < -0.39 is 10.8 Å². The minimum absolute atomic E-state index is 0.0510. The van der Waals surface area contributed by atoms with Crippen LogP contribution in [0.4, 0.5) is 5.69 Å². The highest BCUT2D eigenvalue weighted by atomic mass is 16.6. The minimum Gasteiger partial charge on any atom is -0.366 e. The van der Waals surface area contributed by atoms with Gasteiger partial charge >= 0.3 is 0 Å². The smallest absolute Gasteiger partial charge is 0.275 e. The maximum atomic E-state index is 11.3. The molecule has 3 rings (SSSR count). The molecule has 2 N–H and O–H groups in total. The number of carbonyl (C=O) groups is 1. The van der Waals surface area contributed by atoms with Gasteiger partial charge in [-0.15, -0.1) is 10.2 Å². The number of hydrogen-bond acceptors (Lipinski definition) is 6. The molecule has 3 aromatic rings. The molecular weight excluding hydrogens is 336 g/mol. The van der Waals surface area contributed by atoms with Crippen LogP contribution in [0.1, 0.15) is 28.4 Å². The van der Waals surface area contributed by atoms with Crippen LogP contribution >= 0.6 is 0 Å². The van der Waals surface area contributed by atoms with E-state index >= 15 is 0 Å². The van der Waals surface area contributed by atoms with Crippen molar-refractivity contribution in [2.75, 3.05) is 0 Å². The summed E-state index contributed by atoms with van der Waals surface area (Å²) in [6, 6.07) is 11.9. The molecule has 132 valence electrons. The minimum atomic E-state index is -0.726. The molecule has 1 aromatic heterocycles. The van der Waals surface area contributed by atoms with E-state index in [1.54, 1.807) is 0 Å². The molecule has 0 aliphatic carbocycles. The van der Waals surface area contributed by atoms with Crippen molar-refractivity contribution >= 4 is 11.6 Å². The fourth-order valence-electron chi connectivity index (χ4n) is 2.49. The first-order valence-corrected chi connectivity index (χ1v) is 7.92. The molecule has 1 amide bonds. The standard InChI is InChI=1S/C17H16N6O3/c1-2-11-3-5-12(6-4-11)17-19-21-22(20-17)10-14-8-7-13(16(18)24)9-15(14)23(25)26/h3-9H,2,10H2,1H3,(H2,18,24). The monoisotopic (exact) mass is 352 g/mol. The van der Waals surface area contributed by atoms with Crippen LogP contribution in [0.5, 0.6) is 0 Å². The quantitative estimate of drug-likeness (QED) is 0.533. The van der Waals surface area contributed by atoms with Crippen molar-refractivity contribution in [1.29, 1.82) is 0 Å². The first kappa shape index (κ1) is 17.2. The first-order chi connectivity index (χ1) is 12.5. The van der Waals surface area contributed by atoms with Gasteiger partial charge in [0.1, 0.15) is 0 Å². The number of nitrogens with two attached hydrogens (primary N) is 1. The average molecular weight is 352 g/mol. The van der Waals surface area contributed by atoms with E-state index in [-0.39, 0.29) is 17.8 Å². The summed E-state index contributed by atoms with van der Waals surface area (Å²) >= 11 is 0. The molecule has 0 aliphatic rings. The van der Waals surface area contributed by atoms with Gasteiger partial charge in [-0.2, -0.15) is 4.80 Å². The highest BCUT2D eigenvalue weighted by Gasteiger charge is 2.18. The lowest BCUT2D eigenvalue weighted by atomic mass is 10.1. The average Bonchev–Trinajstić information content (AvgIpc) is 3.10. The number of rotatable bonds is 6. The number of amides is 1. The van der Waals surface area contributed by atoms with Gasteiger partial charge in [-0.1, -0.05) is 31.2 Å². The van der Waals surface area contributed by atoms with E-state index in [2.05, 4.69) is 22.3 Å². The second kappa shape index (κ2) is 7.09. The van der Waals surface area contributed by atoms with Crippen molar-refractivity contribution in [3.63, 3.8) is 0 Å². The van der Waals surface area contributed by atoms with Crippen LogP contribution in [0.2, 0.25) is 0 Å². The Hall–Kier alpha value is -3.62. The molecular formula is C17H16N6O3. The predicted octanol–water partition coefficient (Wildman–Crippen LogP) is 1.96. The normalized spacial score (nSPS) is 10.7. The number of tetrazole rings is 1. The summed E-state index contributed by atoms with van der Waals surface area (Å²) in [6.07, 6.45) is 0.936. The number of benzene rings is 2. The van der Waals surface area contributed by atoms with Gasteiger partial charge in [0, 0.05) is 17.2 Å². The Kier molecular flexibility index (Phi) is 4.70. The molecule has 1 heterocycles. The summed E-state index contributed by atoms with van der Waals surface area (Å²) in [5.74, 6) is -0.291. The van der Waals surface area contributed by atoms with E-state index in [1.165, 1.54) is 22.5 Å². The van der Waals surface area contributed by atoms with Gasteiger partial charge < -0.3 is 5.73 Å². The van der Waals surface area contributed by atoms with Gasteiger partial charge in [-0.3, -0.25) is 14.9 Å². The molecule has 0 radical (unpaired) electrons. The van der Waals surface area contributed by atoms with Crippen LogP contribution in [-0.2, 0) is 13.0 Å². The summed E-state index contributed by atoms with van der Waals surface area (Å²) in [4.78, 5) is 23.2. The maximum Gasteiger partial charge on any atom is 0.275 e. The lowest BCUT2D eigenvalue weighted by Crippen LogP contribution is -2.12. The molecule has 2 aromatic carbocycles. The van der Waals surface area contributed by atoms with Crippen LogP contribution in [0, 0.1) is 10.1 Å². The number of nitro groups is 1. The highest BCUT2D eigenvalue weighted by Crippen LogP contribution is 2.21. The van der Waals surface area contributed by atoms with Crippen molar-refractivity contribution < 1.29 is 9.72 Å². The Labute approximate surface area is 148 Å². The zero-order valence-electron chi connectivity index (χ0n) is 14.0. The molecule has 0 fully saturated rings. The second-order valence-corrected chi connectivity index (χ2v) is 5.66. The Bertz CT molecular complexity index is 965. The summed E-state index contributed by atoms with van der Waals surface area (Å²) in [5.41, 5.74) is 7.39. The molecule has 0 bridgehead atoms. The summed E-state index contributed by atoms with van der Waals surface area (Å²) in [6.45, 7) is 2.12. The van der Waals surface area contributed by atoms with Gasteiger partial charge in [0.15, 0.2) is 0 Å². The van der Waals surface area contributed by atoms with Crippen molar-refractivity contribution in [1.82, 2.24) is 20.2 Å². The lowest BCUT2D eigenvalue weighted by Gasteiger charge is -2.03. The molecule has 0 atom stereocenters. The molecule has 9 nitrogen and oxygen atoms in total. The van der Waals surface area contributed by atoms with E-state index in [1.807, 2.05) is 24.3 Å². The predicted molar refractivity (Wildman–Crippen MR) is 93.3 cm³/mol. The fraction of sp³-hybridized carbons (Fsp3) is 0.176. The zero-order valence-corrected chi connectivity index (χ0v) is 14.0. The number of carbonyl (C=O) groups excluding carboxylic acids is 1. The highest BCUT2D eigenvalue weighted by molar-refractivity contribution is 5.93. The zero-order chi connectivity index (χ0) is 18.7. The third-order valence-electron chi connectivity index (χ3n) is 3.95. The van der Waals surface area contributed by atoms with E-state index in [0.29, 0.717) is 11.4 Å². The Morgan fingerprint density at radius 2 is 1.96 bits per heavy atom. The number of aryl methyl sites for hydroxylation is 1. The largest absolute Gasteiger partial charge is 0.366 e. The summed E-state index contributed by atoms with van der Waals surface area (Å²) < 4.78 is 0. The fourth-order valence-corrected chi connectivity index (χ4v) is 2.49. The second-order valence-electron chi connectivity index (χ2n) is 5.66. The van der Waals surface area contributed by atoms with Crippen LogP contribution in [-0.4, -0.2) is 31.0 Å². The summed E-state index contributed by atoms with van der Waals surface area (Å²) in [5, 5.41) is 23.5. The van der Waals surface area contributed by atoms with Crippen LogP contribution in [0.3, 0.4) is 0 Å². The molecule has 0 aliphatic heterocycles. The number of primary amides is 1. The molecule has 0 saturated heterocycles. The van der Waals surface area contributed by atoms with Gasteiger partial charge in [0.05, 0.1) is 17.0 Å². The van der Waals surface area contributed by atoms with Crippen LogP contribution in [0.25, 0.3) is 11.4 Å². The van der Waals surface area contributed by atoms with Crippen molar-refractivity contribution in [3.05, 3.63) is 69.3 Å². The first-order valence-electron chi connectivity index (χ1n) is 7.92. The third kappa shape index (κ3) is 3.56. The lowest BCUT2D eigenvalue weighted by molar-refractivity contribution is -0.385. The van der Waals surface area contributed by atoms with Gasteiger partial charge in [-0.25, -0.2) is 0 Å². The van der Waals surface area contributed by atoms with Gasteiger partial charge in [-0.05, 0) is 29.3 Å². The van der Waals surface area contributed by atoms with Gasteiger partial charge in [0.25, 0.3) is 5.69 Å². The number of nitrogens with zero attached hydrogens (tertiary/aromatic N) is 5. The molecule has 0 unspecified atom stereocenters. The topological polar surface area (TPSA) is 130 Å². The maximum absolute atomic E-state index is 11.3. The number of nitro benzene ring substituents is 1. The third-order valence-corrected chi connectivity index (χ3v) is 3.95. The Morgan fingerprint density at radius 1 is 1.23 bits per heavy atom. The number of hydrogen-bond donors (Lipinski definition) is 1. The van der Waals surface area contributed by atoms with Crippen molar-refractivity contribution in [3.8, 4) is 11.4 Å². The van der Waals surface area contributed by atoms with Crippen molar-refractivity contribution in [2.24, 2.45) is 5.73 Å². The van der Waals surface area contributed by atoms with E-state index in [4.69, 9.17) is 5.73 Å². The van der Waals surface area contributed by atoms with Crippen molar-refractivity contribution in [2.45, 2.75) is 19.9 Å². The Morgan fingerprint density at radius 3 is 2.58 bits per heavy atom. The Balaban J connectivity index is 1.86. The van der Waals surface area contributed by atoms with E-state index in [9.17, 15) is 14.9 Å². The van der Waals surface area contributed by atoms with E-state index in [0.717, 1.165) is 18.1 Å².